The van der Waals surface area contributed by atoms with Gasteiger partial charge in [0.2, 0.25) is 0 Å². The summed E-state index contributed by atoms with van der Waals surface area (Å²) in [4.78, 5) is 11.2. The van der Waals surface area contributed by atoms with Crippen LogP contribution in [0.15, 0.2) is 12.1 Å². The molecule has 16 heavy (non-hydrogen) atoms. The first kappa shape index (κ1) is 11.6. The molecule has 0 aromatic heterocycles. The normalized spacial score (nSPS) is 16.9. The molecule has 2 rings (SSSR count). The third kappa shape index (κ3) is 1.64. The van der Waals surface area contributed by atoms with Crippen molar-refractivity contribution in [1.29, 1.82) is 0 Å². The van der Waals surface area contributed by atoms with Crippen molar-refractivity contribution in [2.75, 3.05) is 7.11 Å². The van der Waals surface area contributed by atoms with E-state index in [1.54, 1.807) is 12.1 Å². The monoisotopic (exact) mass is 260 g/mol. The van der Waals surface area contributed by atoms with Crippen molar-refractivity contribution < 1.29 is 14.6 Å². The topological polar surface area (TPSA) is 46.5 Å². The van der Waals surface area contributed by atoms with E-state index in [4.69, 9.17) is 33.0 Å². The highest BCUT2D eigenvalue weighted by Crippen LogP contribution is 2.52. The Kier molecular flexibility index (Phi) is 2.76. The van der Waals surface area contributed by atoms with E-state index in [2.05, 4.69) is 0 Å². The van der Waals surface area contributed by atoms with Crippen molar-refractivity contribution in [3.8, 4) is 5.75 Å². The van der Waals surface area contributed by atoms with Crippen molar-refractivity contribution >= 4 is 29.2 Å². The van der Waals surface area contributed by atoms with Crippen LogP contribution in [0.1, 0.15) is 18.4 Å². The molecule has 0 heterocycles. The minimum atomic E-state index is -0.851. The fraction of sp³-hybridized carbons (Fsp3) is 0.364. The first-order valence-electron chi connectivity index (χ1n) is 4.78. The first-order valence-corrected chi connectivity index (χ1v) is 5.54. The van der Waals surface area contributed by atoms with Crippen LogP contribution in [0, 0.1) is 0 Å². The van der Waals surface area contributed by atoms with Crippen LogP contribution in [0.3, 0.4) is 0 Å². The lowest BCUT2D eigenvalue weighted by molar-refractivity contribution is -0.140. The van der Waals surface area contributed by atoms with Crippen molar-refractivity contribution in [1.82, 2.24) is 0 Å². The predicted octanol–water partition coefficient (Wildman–Crippen LogP) is 3.12. The van der Waals surface area contributed by atoms with Gasteiger partial charge < -0.3 is 9.84 Å². The van der Waals surface area contributed by atoms with E-state index in [-0.39, 0.29) is 0 Å². The summed E-state index contributed by atoms with van der Waals surface area (Å²) in [6, 6.07) is 3.14. The molecule has 0 unspecified atom stereocenters. The van der Waals surface area contributed by atoms with Gasteiger partial charge in [-0.25, -0.2) is 0 Å². The Labute approximate surface area is 103 Å². The summed E-state index contributed by atoms with van der Waals surface area (Å²) in [7, 11) is 1.49. The van der Waals surface area contributed by atoms with Crippen LogP contribution in [0.5, 0.6) is 5.75 Å². The van der Waals surface area contributed by atoms with Crippen LogP contribution in [-0.4, -0.2) is 18.2 Å². The van der Waals surface area contributed by atoms with Gasteiger partial charge in [0.1, 0.15) is 5.75 Å². The minimum absolute atomic E-state index is 0.384. The molecular weight excluding hydrogens is 251 g/mol. The summed E-state index contributed by atoms with van der Waals surface area (Å²) in [6.45, 7) is 0. The maximum Gasteiger partial charge on any atom is 0.314 e. The van der Waals surface area contributed by atoms with E-state index in [1.807, 2.05) is 0 Å². The molecule has 1 fully saturated rings. The van der Waals surface area contributed by atoms with E-state index in [9.17, 15) is 4.79 Å². The van der Waals surface area contributed by atoms with Crippen LogP contribution in [0.2, 0.25) is 10.0 Å². The highest BCUT2D eigenvalue weighted by Gasteiger charge is 2.53. The molecule has 3 nitrogen and oxygen atoms in total. The van der Waals surface area contributed by atoms with Gasteiger partial charge >= 0.3 is 5.97 Å². The number of carbonyl (C=O) groups is 1. The maximum absolute atomic E-state index is 11.2. The molecule has 0 radical (unpaired) electrons. The van der Waals surface area contributed by atoms with E-state index >= 15 is 0 Å². The second kappa shape index (κ2) is 3.82. The van der Waals surface area contributed by atoms with Gasteiger partial charge in [-0.15, -0.1) is 0 Å². The summed E-state index contributed by atoms with van der Waals surface area (Å²) in [5.74, 6) is -0.396. The summed E-state index contributed by atoms with van der Waals surface area (Å²) < 4.78 is 5.01. The molecule has 0 spiro atoms. The molecule has 0 aliphatic heterocycles. The van der Waals surface area contributed by atoms with E-state index in [0.717, 1.165) is 0 Å². The van der Waals surface area contributed by atoms with Gasteiger partial charge in [-0.05, 0) is 24.5 Å². The molecule has 0 bridgehead atoms. The van der Waals surface area contributed by atoms with Crippen molar-refractivity contribution in [3.63, 3.8) is 0 Å². The Balaban J connectivity index is 2.51. The fourth-order valence-electron chi connectivity index (χ4n) is 1.78. The lowest BCUT2D eigenvalue weighted by atomic mass is 9.96. The van der Waals surface area contributed by atoms with Crippen molar-refractivity contribution in [2.45, 2.75) is 18.3 Å². The molecule has 5 heteroatoms. The molecule has 0 saturated heterocycles. The Bertz CT molecular complexity index is 453. The standard InChI is InChI=1S/C11H10Cl2O3/c1-16-9-5-7(12)6(4-8(9)13)11(2-3-11)10(14)15/h4-5H,2-3H2,1H3,(H,14,15). The zero-order valence-electron chi connectivity index (χ0n) is 8.59. The molecule has 0 amide bonds. The number of benzene rings is 1. The first-order chi connectivity index (χ1) is 7.51. The second-order valence-electron chi connectivity index (χ2n) is 3.85. The van der Waals surface area contributed by atoms with Gasteiger partial charge in [0.15, 0.2) is 0 Å². The highest BCUT2D eigenvalue weighted by molar-refractivity contribution is 6.35. The largest absolute Gasteiger partial charge is 0.495 e. The van der Waals surface area contributed by atoms with E-state index < -0.39 is 11.4 Å². The lowest BCUT2D eigenvalue weighted by Crippen LogP contribution is -2.20. The number of ether oxygens (including phenoxy) is 1. The van der Waals surface area contributed by atoms with Crippen LogP contribution >= 0.6 is 23.2 Å². The van der Waals surface area contributed by atoms with Gasteiger partial charge in [0, 0.05) is 11.1 Å². The smallest absolute Gasteiger partial charge is 0.314 e. The minimum Gasteiger partial charge on any atom is -0.495 e. The van der Waals surface area contributed by atoms with Gasteiger partial charge in [-0.2, -0.15) is 0 Å². The predicted molar refractivity (Wildman–Crippen MR) is 61.6 cm³/mol. The number of hydrogen-bond donors (Lipinski definition) is 1. The summed E-state index contributed by atoms with van der Waals surface area (Å²) >= 11 is 12.0. The Morgan fingerprint density at radius 2 is 2.00 bits per heavy atom. The molecule has 0 atom stereocenters. The van der Waals surface area contributed by atoms with Crippen molar-refractivity contribution in [3.05, 3.63) is 27.7 Å². The molecule has 1 aliphatic carbocycles. The molecule has 1 saturated carbocycles. The number of carboxylic acid groups (broad SMARTS) is 1. The summed E-state index contributed by atoms with van der Waals surface area (Å²) in [6.07, 6.45) is 1.20. The molecule has 1 aromatic rings. The number of rotatable bonds is 3. The molecule has 1 aromatic carbocycles. The SMILES string of the molecule is COc1cc(Cl)c(C2(C(=O)O)CC2)cc1Cl. The van der Waals surface area contributed by atoms with Crippen LogP contribution in [-0.2, 0) is 10.2 Å². The number of carboxylic acids is 1. The van der Waals surface area contributed by atoms with Crippen LogP contribution < -0.4 is 4.74 Å². The third-order valence-corrected chi connectivity index (χ3v) is 3.52. The number of halogens is 2. The number of aliphatic carboxylic acids is 1. The molecular formula is C11H10Cl2O3. The average Bonchev–Trinajstić information content (AvgIpc) is 3.01. The number of methoxy groups -OCH3 is 1. The maximum atomic E-state index is 11.2. The van der Waals surface area contributed by atoms with Gasteiger partial charge in [0.05, 0.1) is 17.5 Å². The van der Waals surface area contributed by atoms with E-state index in [0.29, 0.717) is 34.2 Å². The second-order valence-corrected chi connectivity index (χ2v) is 4.67. The molecule has 1 N–H and O–H groups in total. The Morgan fingerprint density at radius 3 is 2.44 bits per heavy atom. The molecule has 1 aliphatic rings. The zero-order valence-corrected chi connectivity index (χ0v) is 10.1. The quantitative estimate of drug-likeness (QED) is 0.909. The third-order valence-electron chi connectivity index (χ3n) is 2.92. The van der Waals surface area contributed by atoms with Crippen LogP contribution in [0.4, 0.5) is 0 Å². The zero-order chi connectivity index (χ0) is 11.9. The van der Waals surface area contributed by atoms with Gasteiger partial charge in [0.25, 0.3) is 0 Å². The Hall–Kier alpha value is -0.930. The Morgan fingerprint density at radius 1 is 1.38 bits per heavy atom. The molecule has 86 valence electrons. The van der Waals surface area contributed by atoms with Crippen LogP contribution in [0.25, 0.3) is 0 Å². The fourth-order valence-corrected chi connectivity index (χ4v) is 2.35. The number of hydrogen-bond acceptors (Lipinski definition) is 2. The summed E-state index contributed by atoms with van der Waals surface area (Å²) in [5.41, 5.74) is -0.264. The average molecular weight is 261 g/mol. The van der Waals surface area contributed by atoms with Gasteiger partial charge in [-0.1, -0.05) is 23.2 Å². The van der Waals surface area contributed by atoms with Gasteiger partial charge in [-0.3, -0.25) is 4.79 Å². The summed E-state index contributed by atoms with van der Waals surface area (Å²) in [5, 5.41) is 9.94. The lowest BCUT2D eigenvalue weighted by Gasteiger charge is -2.14. The van der Waals surface area contributed by atoms with Crippen molar-refractivity contribution in [2.24, 2.45) is 0 Å². The highest BCUT2D eigenvalue weighted by atomic mass is 35.5. The van der Waals surface area contributed by atoms with E-state index in [1.165, 1.54) is 7.11 Å².